The molecule has 78 valence electrons. The van der Waals surface area contributed by atoms with Crippen molar-refractivity contribution in [2.75, 3.05) is 0 Å². The van der Waals surface area contributed by atoms with E-state index in [0.29, 0.717) is 5.56 Å². The molecule has 14 heavy (non-hydrogen) atoms. The average Bonchev–Trinajstić information content (AvgIpc) is 2.15. The van der Waals surface area contributed by atoms with Crippen molar-refractivity contribution in [3.05, 3.63) is 29.3 Å². The topological polar surface area (TPSA) is 94.8 Å². The molecule has 0 bridgehead atoms. The summed E-state index contributed by atoms with van der Waals surface area (Å²) in [6, 6.07) is 3.63. The first-order valence-corrected chi connectivity index (χ1v) is 5.24. The molecular weight excluding hydrogens is 208 g/mol. The lowest BCUT2D eigenvalue weighted by atomic mass is 10.1. The molecule has 0 atom stereocenters. The Morgan fingerprint density at radius 2 is 1.64 bits per heavy atom. The molecular formula is C8H10O5S. The summed E-state index contributed by atoms with van der Waals surface area (Å²) in [5.74, 6) is 0. The first-order chi connectivity index (χ1) is 6.49. The first kappa shape index (κ1) is 11.1. The lowest BCUT2D eigenvalue weighted by Crippen LogP contribution is -2.01. The van der Waals surface area contributed by atoms with Crippen LogP contribution in [0.2, 0.25) is 0 Å². The maximum atomic E-state index is 10.7. The molecule has 0 fully saturated rings. The second kappa shape index (κ2) is 4.05. The third-order valence-electron chi connectivity index (χ3n) is 1.82. The monoisotopic (exact) mass is 218 g/mol. The molecule has 0 saturated heterocycles. The maximum absolute atomic E-state index is 10.7. The molecule has 0 saturated carbocycles. The highest BCUT2D eigenvalue weighted by Gasteiger charge is 2.11. The zero-order valence-electron chi connectivity index (χ0n) is 7.21. The Morgan fingerprint density at radius 3 is 2.07 bits per heavy atom. The van der Waals surface area contributed by atoms with E-state index in [2.05, 4.69) is 0 Å². The van der Waals surface area contributed by atoms with Gasteiger partial charge in [0.1, 0.15) is 0 Å². The van der Waals surface area contributed by atoms with E-state index in [1.54, 1.807) is 0 Å². The second-order valence-electron chi connectivity index (χ2n) is 2.72. The van der Waals surface area contributed by atoms with Gasteiger partial charge in [0.15, 0.2) is 0 Å². The molecule has 1 rings (SSSR count). The van der Waals surface area contributed by atoms with Gasteiger partial charge in [-0.05, 0) is 23.3 Å². The van der Waals surface area contributed by atoms with Crippen LogP contribution in [0.15, 0.2) is 23.1 Å². The van der Waals surface area contributed by atoms with Crippen LogP contribution in [0, 0.1) is 0 Å². The molecule has 6 heteroatoms. The Kier molecular flexibility index (Phi) is 3.22. The summed E-state index contributed by atoms with van der Waals surface area (Å²) in [6.07, 6.45) is 0. The number of benzene rings is 1. The lowest BCUT2D eigenvalue weighted by molar-refractivity contribution is 0.259. The highest BCUT2D eigenvalue weighted by Crippen LogP contribution is 2.16. The fraction of sp³-hybridized carbons (Fsp3) is 0.250. The van der Waals surface area contributed by atoms with E-state index >= 15 is 0 Å². The van der Waals surface area contributed by atoms with E-state index in [9.17, 15) is 8.42 Å². The van der Waals surface area contributed by atoms with Gasteiger partial charge in [-0.2, -0.15) is 8.42 Å². The predicted octanol–water partition coefficient (Wildman–Crippen LogP) is -0.0821. The van der Waals surface area contributed by atoms with Crippen LogP contribution >= 0.6 is 0 Å². The van der Waals surface area contributed by atoms with Crippen LogP contribution in [-0.4, -0.2) is 23.2 Å². The Labute approximate surface area is 81.4 Å². The molecule has 0 radical (unpaired) electrons. The van der Waals surface area contributed by atoms with Gasteiger partial charge in [0, 0.05) is 0 Å². The van der Waals surface area contributed by atoms with Crippen molar-refractivity contribution < 1.29 is 23.2 Å². The number of rotatable bonds is 3. The van der Waals surface area contributed by atoms with Crippen LogP contribution in [0.25, 0.3) is 0 Å². The minimum atomic E-state index is -4.25. The number of aliphatic hydroxyl groups excluding tert-OH is 2. The third kappa shape index (κ3) is 2.30. The molecule has 0 heterocycles. The summed E-state index contributed by atoms with van der Waals surface area (Å²) >= 11 is 0. The fourth-order valence-electron chi connectivity index (χ4n) is 1.06. The molecule has 5 nitrogen and oxygen atoms in total. The van der Waals surface area contributed by atoms with Crippen molar-refractivity contribution >= 4 is 10.1 Å². The summed E-state index contributed by atoms with van der Waals surface area (Å²) in [7, 11) is -4.25. The Bertz CT molecular complexity index is 423. The van der Waals surface area contributed by atoms with Gasteiger partial charge in [-0.25, -0.2) is 0 Å². The van der Waals surface area contributed by atoms with Gasteiger partial charge < -0.3 is 10.2 Å². The van der Waals surface area contributed by atoms with Crippen molar-refractivity contribution in [2.24, 2.45) is 0 Å². The minimum Gasteiger partial charge on any atom is -0.392 e. The normalized spacial score (nSPS) is 11.6. The Hall–Kier alpha value is -0.950. The number of hydrogen-bond donors (Lipinski definition) is 3. The molecule has 0 unspecified atom stereocenters. The van der Waals surface area contributed by atoms with E-state index in [-0.39, 0.29) is 23.7 Å². The van der Waals surface area contributed by atoms with Crippen LogP contribution in [0.1, 0.15) is 11.1 Å². The van der Waals surface area contributed by atoms with Crippen LogP contribution in [0.3, 0.4) is 0 Å². The molecule has 0 amide bonds. The van der Waals surface area contributed by atoms with Crippen LogP contribution in [0.5, 0.6) is 0 Å². The Balaban J connectivity index is 3.28. The van der Waals surface area contributed by atoms with Gasteiger partial charge in [0.05, 0.1) is 18.1 Å². The van der Waals surface area contributed by atoms with E-state index in [0.717, 1.165) is 6.07 Å². The standard InChI is InChI=1S/C8H10O5S/c9-4-6-1-2-8(14(11,12)13)3-7(6)5-10/h1-3,9-10H,4-5H2,(H,11,12,13). The molecule has 0 aliphatic rings. The first-order valence-electron chi connectivity index (χ1n) is 3.80. The molecule has 1 aromatic carbocycles. The number of hydrogen-bond acceptors (Lipinski definition) is 4. The maximum Gasteiger partial charge on any atom is 0.294 e. The van der Waals surface area contributed by atoms with Crippen molar-refractivity contribution in [2.45, 2.75) is 18.1 Å². The smallest absolute Gasteiger partial charge is 0.294 e. The summed E-state index contributed by atoms with van der Waals surface area (Å²) in [4.78, 5) is -0.293. The lowest BCUT2D eigenvalue weighted by Gasteiger charge is -2.05. The summed E-state index contributed by atoms with van der Waals surface area (Å²) < 4.78 is 30.1. The molecule has 0 aliphatic carbocycles. The van der Waals surface area contributed by atoms with E-state index in [1.807, 2.05) is 0 Å². The zero-order chi connectivity index (χ0) is 10.8. The van der Waals surface area contributed by atoms with Crippen LogP contribution < -0.4 is 0 Å². The minimum absolute atomic E-state index is 0.280. The molecule has 0 aromatic heterocycles. The number of aliphatic hydroxyl groups is 2. The largest absolute Gasteiger partial charge is 0.392 e. The average molecular weight is 218 g/mol. The highest BCUT2D eigenvalue weighted by molar-refractivity contribution is 7.85. The quantitative estimate of drug-likeness (QED) is 0.617. The third-order valence-corrected chi connectivity index (χ3v) is 2.67. The van der Waals surface area contributed by atoms with Gasteiger partial charge in [-0.15, -0.1) is 0 Å². The van der Waals surface area contributed by atoms with Gasteiger partial charge >= 0.3 is 0 Å². The highest BCUT2D eigenvalue weighted by atomic mass is 32.2. The zero-order valence-corrected chi connectivity index (χ0v) is 8.03. The van der Waals surface area contributed by atoms with Crippen molar-refractivity contribution in [3.63, 3.8) is 0 Å². The predicted molar refractivity (Wildman–Crippen MR) is 48.1 cm³/mol. The summed E-state index contributed by atoms with van der Waals surface area (Å²) in [5.41, 5.74) is 0.711. The van der Waals surface area contributed by atoms with Gasteiger partial charge in [-0.3, -0.25) is 4.55 Å². The summed E-state index contributed by atoms with van der Waals surface area (Å²) in [6.45, 7) is -0.680. The van der Waals surface area contributed by atoms with Gasteiger partial charge in [-0.1, -0.05) is 6.07 Å². The SMILES string of the molecule is O=S(=O)(O)c1ccc(CO)c(CO)c1. The fourth-order valence-corrected chi connectivity index (χ4v) is 1.60. The van der Waals surface area contributed by atoms with E-state index in [4.69, 9.17) is 14.8 Å². The van der Waals surface area contributed by atoms with Crippen molar-refractivity contribution in [1.29, 1.82) is 0 Å². The molecule has 0 aliphatic heterocycles. The summed E-state index contributed by atoms with van der Waals surface area (Å²) in [5, 5.41) is 17.7. The van der Waals surface area contributed by atoms with Gasteiger partial charge in [0.25, 0.3) is 10.1 Å². The van der Waals surface area contributed by atoms with Crippen LogP contribution in [0.4, 0.5) is 0 Å². The van der Waals surface area contributed by atoms with E-state index < -0.39 is 10.1 Å². The van der Waals surface area contributed by atoms with E-state index in [1.165, 1.54) is 12.1 Å². The molecule has 0 spiro atoms. The van der Waals surface area contributed by atoms with Crippen molar-refractivity contribution in [3.8, 4) is 0 Å². The Morgan fingerprint density at radius 1 is 1.07 bits per heavy atom. The molecule has 3 N–H and O–H groups in total. The molecule has 1 aromatic rings. The van der Waals surface area contributed by atoms with Gasteiger partial charge in [0.2, 0.25) is 0 Å². The second-order valence-corrected chi connectivity index (χ2v) is 4.14. The van der Waals surface area contributed by atoms with Crippen LogP contribution in [-0.2, 0) is 23.3 Å². The van der Waals surface area contributed by atoms with Crippen molar-refractivity contribution in [1.82, 2.24) is 0 Å².